The average molecular weight is 627 g/mol. The number of carbonyl (C=O) groups is 1. The fourth-order valence-corrected chi connectivity index (χ4v) is 7.27. The van der Waals surface area contributed by atoms with Gasteiger partial charge in [0, 0.05) is 79.0 Å². The molecular formula is C38H47ClN4O2. The highest BCUT2D eigenvalue weighted by atomic mass is 35.5. The number of piperazine rings is 1. The monoisotopic (exact) mass is 626 g/mol. The lowest BCUT2D eigenvalue weighted by molar-refractivity contribution is 0.0526. The maximum absolute atomic E-state index is 12.1. The molecule has 3 heterocycles. The Labute approximate surface area is 273 Å². The van der Waals surface area contributed by atoms with E-state index in [1.807, 2.05) is 32.9 Å². The van der Waals surface area contributed by atoms with Crippen molar-refractivity contribution in [3.63, 3.8) is 0 Å². The summed E-state index contributed by atoms with van der Waals surface area (Å²) in [5.74, 6) is 0. The van der Waals surface area contributed by atoms with E-state index in [1.54, 1.807) is 0 Å². The molecule has 6 rings (SSSR count). The number of likely N-dealkylation sites (tertiary alicyclic amines) is 1. The number of hydrogen-bond donors (Lipinski definition) is 1. The SMILES string of the molecule is CCc1ccc(-c2cn(CCCNC(=O)OC(C)(C)C)c3ccc(CN4CC5CCC(C4)N5Cc4ccccc4Cl)cc23)cc1. The largest absolute Gasteiger partial charge is 0.444 e. The molecule has 2 aliphatic heterocycles. The Morgan fingerprint density at radius 2 is 1.67 bits per heavy atom. The quantitative estimate of drug-likeness (QED) is 0.180. The van der Waals surface area contributed by atoms with E-state index >= 15 is 0 Å². The highest BCUT2D eigenvalue weighted by molar-refractivity contribution is 6.31. The molecule has 0 aliphatic carbocycles. The molecule has 0 spiro atoms. The van der Waals surface area contributed by atoms with Crippen LogP contribution in [0.15, 0.2) is 72.9 Å². The highest BCUT2D eigenvalue weighted by Gasteiger charge is 2.39. The van der Waals surface area contributed by atoms with Crippen LogP contribution in [0.3, 0.4) is 0 Å². The normalized spacial score (nSPS) is 18.9. The smallest absolute Gasteiger partial charge is 0.407 e. The number of nitrogens with zero attached hydrogens (tertiary/aromatic N) is 3. The number of ether oxygens (including phenoxy) is 1. The van der Waals surface area contributed by atoms with Crippen molar-refractivity contribution in [2.24, 2.45) is 0 Å². The lowest BCUT2D eigenvalue weighted by Gasteiger charge is -2.41. The van der Waals surface area contributed by atoms with Crippen LogP contribution in [0.1, 0.15) is 63.6 Å². The number of aryl methyl sites for hydroxylation is 2. The minimum atomic E-state index is -0.496. The molecule has 0 radical (unpaired) electrons. The van der Waals surface area contributed by atoms with Gasteiger partial charge in [-0.3, -0.25) is 9.80 Å². The number of rotatable bonds is 10. The number of carbonyl (C=O) groups excluding carboxylic acids is 1. The second-order valence-electron chi connectivity index (χ2n) is 13.8. The first kappa shape index (κ1) is 31.7. The summed E-state index contributed by atoms with van der Waals surface area (Å²) in [6, 6.07) is 25.4. The zero-order chi connectivity index (χ0) is 31.6. The van der Waals surface area contributed by atoms with Crippen molar-refractivity contribution in [3.8, 4) is 11.1 Å². The fourth-order valence-electron chi connectivity index (χ4n) is 7.08. The molecule has 2 fully saturated rings. The fraction of sp³-hybridized carbons (Fsp3) is 0.447. The van der Waals surface area contributed by atoms with Gasteiger partial charge in [-0.05, 0) is 86.9 Å². The van der Waals surface area contributed by atoms with Gasteiger partial charge in [-0.25, -0.2) is 4.79 Å². The van der Waals surface area contributed by atoms with Gasteiger partial charge in [0.2, 0.25) is 0 Å². The Hall–Kier alpha value is -3.32. The summed E-state index contributed by atoms with van der Waals surface area (Å²) in [6.45, 7) is 13.3. The molecule has 45 heavy (non-hydrogen) atoms. The maximum atomic E-state index is 12.1. The van der Waals surface area contributed by atoms with Crippen molar-refractivity contribution >= 4 is 28.6 Å². The van der Waals surface area contributed by atoms with Gasteiger partial charge in [0.15, 0.2) is 0 Å². The van der Waals surface area contributed by atoms with Gasteiger partial charge >= 0.3 is 6.09 Å². The summed E-state index contributed by atoms with van der Waals surface area (Å²) in [6.07, 6.45) is 6.29. The summed E-state index contributed by atoms with van der Waals surface area (Å²) in [4.78, 5) is 17.5. The predicted molar refractivity (Wildman–Crippen MR) is 185 cm³/mol. The van der Waals surface area contributed by atoms with Crippen LogP contribution < -0.4 is 5.32 Å². The Morgan fingerprint density at radius 3 is 2.36 bits per heavy atom. The highest BCUT2D eigenvalue weighted by Crippen LogP contribution is 2.35. The van der Waals surface area contributed by atoms with E-state index in [0.29, 0.717) is 18.6 Å². The molecule has 4 aromatic rings. The molecule has 238 valence electrons. The van der Waals surface area contributed by atoms with Crippen LogP contribution in [0.25, 0.3) is 22.0 Å². The summed E-state index contributed by atoms with van der Waals surface area (Å²) >= 11 is 6.53. The van der Waals surface area contributed by atoms with E-state index in [9.17, 15) is 4.79 Å². The minimum Gasteiger partial charge on any atom is -0.444 e. The van der Waals surface area contributed by atoms with Crippen LogP contribution in [0.5, 0.6) is 0 Å². The van der Waals surface area contributed by atoms with Gasteiger partial charge < -0.3 is 14.6 Å². The predicted octanol–water partition coefficient (Wildman–Crippen LogP) is 8.29. The van der Waals surface area contributed by atoms with E-state index in [-0.39, 0.29) is 6.09 Å². The molecule has 1 N–H and O–H groups in total. The summed E-state index contributed by atoms with van der Waals surface area (Å²) in [5.41, 5.74) is 7.18. The number of nitrogens with one attached hydrogen (secondary N) is 1. The van der Waals surface area contributed by atoms with E-state index in [1.165, 1.54) is 51.6 Å². The van der Waals surface area contributed by atoms with Crippen molar-refractivity contribution < 1.29 is 9.53 Å². The lowest BCUT2D eigenvalue weighted by atomic mass is 10.0. The van der Waals surface area contributed by atoms with Crippen LogP contribution in [-0.2, 0) is 30.8 Å². The van der Waals surface area contributed by atoms with E-state index in [4.69, 9.17) is 16.3 Å². The van der Waals surface area contributed by atoms with E-state index < -0.39 is 5.60 Å². The summed E-state index contributed by atoms with van der Waals surface area (Å²) in [7, 11) is 0. The number of halogens is 1. The van der Waals surface area contributed by atoms with Gasteiger partial charge in [-0.15, -0.1) is 0 Å². The van der Waals surface area contributed by atoms with Crippen LogP contribution >= 0.6 is 11.6 Å². The number of hydrogen-bond acceptors (Lipinski definition) is 4. The molecule has 2 atom stereocenters. The second-order valence-corrected chi connectivity index (χ2v) is 14.2. The van der Waals surface area contributed by atoms with Gasteiger partial charge in [-0.2, -0.15) is 0 Å². The Bertz CT molecular complexity index is 1610. The Morgan fingerprint density at radius 1 is 0.956 bits per heavy atom. The standard InChI is InChI=1S/C38H47ClN4O2/c1-5-27-11-14-29(15-12-27)34-26-42(20-8-19-40-37(44)45-38(2,3)4)36-18-13-28(21-33(34)36)22-41-24-31-16-17-32(25-41)43(31)23-30-9-6-7-10-35(30)39/h6-7,9-15,18,21,26,31-32H,5,8,16-17,19-20,22-25H2,1-4H3,(H,40,44). The molecule has 6 nitrogen and oxygen atoms in total. The van der Waals surface area contributed by atoms with Crippen LogP contribution in [-0.4, -0.2) is 57.8 Å². The average Bonchev–Trinajstić information content (AvgIpc) is 3.47. The summed E-state index contributed by atoms with van der Waals surface area (Å²) < 4.78 is 7.74. The minimum absolute atomic E-state index is 0.362. The third-order valence-corrected chi connectivity index (χ3v) is 9.66. The molecule has 7 heteroatoms. The molecular weight excluding hydrogens is 580 g/mol. The first-order chi connectivity index (χ1) is 21.7. The maximum Gasteiger partial charge on any atom is 0.407 e. The zero-order valence-corrected chi connectivity index (χ0v) is 27.9. The lowest BCUT2D eigenvalue weighted by Crippen LogP contribution is -2.52. The van der Waals surface area contributed by atoms with Crippen molar-refractivity contribution in [1.29, 1.82) is 0 Å². The first-order valence-corrected chi connectivity index (χ1v) is 16.9. The second kappa shape index (κ2) is 13.6. The molecule has 1 aromatic heterocycles. The van der Waals surface area contributed by atoms with Crippen LogP contribution in [0.2, 0.25) is 5.02 Å². The van der Waals surface area contributed by atoms with Gasteiger partial charge in [0.1, 0.15) is 5.60 Å². The topological polar surface area (TPSA) is 49.7 Å². The van der Waals surface area contributed by atoms with Crippen molar-refractivity contribution in [2.45, 2.75) is 90.7 Å². The van der Waals surface area contributed by atoms with E-state index in [2.05, 4.69) is 87.4 Å². The molecule has 2 saturated heterocycles. The molecule has 2 aliphatic rings. The van der Waals surface area contributed by atoms with Gasteiger partial charge in [0.25, 0.3) is 0 Å². The molecule has 0 saturated carbocycles. The van der Waals surface area contributed by atoms with Crippen molar-refractivity contribution in [2.75, 3.05) is 19.6 Å². The molecule has 1 amide bonds. The molecule has 2 unspecified atom stereocenters. The molecule has 2 bridgehead atoms. The number of fused-ring (bicyclic) bond motifs is 3. The first-order valence-electron chi connectivity index (χ1n) is 16.6. The van der Waals surface area contributed by atoms with Crippen molar-refractivity contribution in [3.05, 3.63) is 94.6 Å². The third kappa shape index (κ3) is 7.57. The zero-order valence-electron chi connectivity index (χ0n) is 27.2. The van der Waals surface area contributed by atoms with E-state index in [0.717, 1.165) is 50.6 Å². The van der Waals surface area contributed by atoms with Crippen molar-refractivity contribution in [1.82, 2.24) is 19.7 Å². The van der Waals surface area contributed by atoms with Gasteiger partial charge in [-0.1, -0.05) is 67.1 Å². The summed E-state index contributed by atoms with van der Waals surface area (Å²) in [5, 5.41) is 5.07. The Kier molecular flexibility index (Phi) is 9.55. The van der Waals surface area contributed by atoms with Crippen LogP contribution in [0.4, 0.5) is 4.79 Å². The number of benzene rings is 3. The molecule has 3 aromatic carbocycles. The van der Waals surface area contributed by atoms with Gasteiger partial charge in [0.05, 0.1) is 0 Å². The number of alkyl carbamates (subject to hydrolysis) is 1. The van der Waals surface area contributed by atoms with Crippen LogP contribution in [0, 0.1) is 0 Å². The number of aromatic nitrogens is 1. The Balaban J connectivity index is 1.17. The third-order valence-electron chi connectivity index (χ3n) is 9.29. The number of amides is 1.